The monoisotopic (exact) mass is 386 g/mol. The first-order chi connectivity index (χ1) is 14.7. The van der Waals surface area contributed by atoms with Gasteiger partial charge >= 0.3 is 173 Å². The first kappa shape index (κ1) is 19.7. The molecule has 0 aromatic heterocycles. The van der Waals surface area contributed by atoms with E-state index in [0.717, 1.165) is 16.8 Å². The SMILES string of the molecule is COc1ccc(C#CB=C2C=CC(c3ccc(-c4ccc(C)cc4)cc3)C=C2)cc1. The van der Waals surface area contributed by atoms with Crippen LogP contribution in [0.5, 0.6) is 5.75 Å². The van der Waals surface area contributed by atoms with Gasteiger partial charge in [-0.05, 0) is 6.92 Å². The number of methoxy groups -OCH3 is 1. The molecule has 0 unspecified atom stereocenters. The molecule has 0 atom stereocenters. The number of benzene rings is 3. The third kappa shape index (κ3) is 4.88. The molecule has 2 heteroatoms. The van der Waals surface area contributed by atoms with Crippen molar-refractivity contribution < 1.29 is 4.74 Å². The predicted molar refractivity (Wildman–Crippen MR) is 128 cm³/mol. The van der Waals surface area contributed by atoms with Crippen LogP contribution < -0.4 is 4.74 Å². The van der Waals surface area contributed by atoms with E-state index in [0.29, 0.717) is 5.92 Å². The zero-order valence-corrected chi connectivity index (χ0v) is 17.3. The van der Waals surface area contributed by atoms with Crippen LogP contribution >= 0.6 is 0 Å². The normalized spacial score (nSPS) is 14.6. The van der Waals surface area contributed by atoms with E-state index in [-0.39, 0.29) is 0 Å². The molecule has 144 valence electrons. The summed E-state index contributed by atoms with van der Waals surface area (Å²) in [4.78, 5) is 0. The summed E-state index contributed by atoms with van der Waals surface area (Å²) >= 11 is 0. The van der Waals surface area contributed by atoms with Crippen LogP contribution in [0.3, 0.4) is 0 Å². The van der Waals surface area contributed by atoms with Gasteiger partial charge in [0, 0.05) is 0 Å². The molecule has 0 amide bonds. The number of hydrogen-bond donors (Lipinski definition) is 0. The summed E-state index contributed by atoms with van der Waals surface area (Å²) in [5, 5.41) is 0. The zero-order valence-electron chi connectivity index (χ0n) is 17.3. The zero-order chi connectivity index (χ0) is 20.8. The molecule has 30 heavy (non-hydrogen) atoms. The Balaban J connectivity index is 1.41. The topological polar surface area (TPSA) is 9.23 Å². The van der Waals surface area contributed by atoms with Crippen LogP contribution in [0, 0.1) is 18.7 Å². The summed E-state index contributed by atoms with van der Waals surface area (Å²) in [5.74, 6) is 7.44. The minimum absolute atomic E-state index is 0.295. The maximum absolute atomic E-state index is 5.17. The Hall–Kier alpha value is -3.57. The Morgan fingerprint density at radius 2 is 1.37 bits per heavy atom. The van der Waals surface area contributed by atoms with Crippen LogP contribution in [0.25, 0.3) is 11.1 Å². The molecule has 0 radical (unpaired) electrons. The number of allylic oxidation sites excluding steroid dienone is 4. The van der Waals surface area contributed by atoms with Crippen molar-refractivity contribution in [3.05, 3.63) is 114 Å². The van der Waals surface area contributed by atoms with Gasteiger partial charge in [0.2, 0.25) is 0 Å². The second-order valence-electron chi connectivity index (χ2n) is 7.37. The maximum atomic E-state index is 5.17. The molecule has 0 heterocycles. The van der Waals surface area contributed by atoms with Crippen molar-refractivity contribution in [3.8, 4) is 28.6 Å². The third-order valence-electron chi connectivity index (χ3n) is 5.22. The van der Waals surface area contributed by atoms with Crippen LogP contribution in [0.2, 0.25) is 0 Å². The fourth-order valence-corrected chi connectivity index (χ4v) is 3.39. The average molecular weight is 386 g/mol. The number of aryl methyl sites for hydroxylation is 1. The van der Waals surface area contributed by atoms with Crippen molar-refractivity contribution in [1.29, 1.82) is 0 Å². The van der Waals surface area contributed by atoms with Crippen molar-refractivity contribution in [2.24, 2.45) is 0 Å². The molecule has 1 aliphatic carbocycles. The summed E-state index contributed by atoms with van der Waals surface area (Å²) in [7, 11) is 1.67. The average Bonchev–Trinajstić information content (AvgIpc) is 2.81. The summed E-state index contributed by atoms with van der Waals surface area (Å²) in [6, 6.07) is 25.3. The second kappa shape index (κ2) is 9.29. The van der Waals surface area contributed by atoms with Crippen molar-refractivity contribution in [1.82, 2.24) is 0 Å². The number of ether oxygens (including phenoxy) is 1. The summed E-state index contributed by atoms with van der Waals surface area (Å²) in [6.07, 6.45) is 8.73. The molecule has 1 nitrogen and oxygen atoms in total. The standard InChI is InChI=1S/C28H23BO/c1-21-3-7-23(8-4-21)24-9-11-25(12-10-24)26-13-15-27(16-14-26)29-20-19-22-5-17-28(30-2)18-6-22/h3-18,26H,1-2H3. The molecule has 3 aromatic carbocycles. The van der Waals surface area contributed by atoms with E-state index in [1.165, 1.54) is 22.3 Å². The van der Waals surface area contributed by atoms with E-state index in [4.69, 9.17) is 4.74 Å². The van der Waals surface area contributed by atoms with Gasteiger partial charge in [0.05, 0.1) is 0 Å². The van der Waals surface area contributed by atoms with Crippen LogP contribution in [-0.2, 0) is 0 Å². The van der Waals surface area contributed by atoms with E-state index in [1.54, 1.807) is 7.11 Å². The van der Waals surface area contributed by atoms with Gasteiger partial charge < -0.3 is 0 Å². The molecule has 0 aliphatic heterocycles. The van der Waals surface area contributed by atoms with Crippen LogP contribution in [0.15, 0.2) is 97.1 Å². The molecular weight excluding hydrogens is 363 g/mol. The molecule has 0 saturated carbocycles. The Morgan fingerprint density at radius 1 is 0.767 bits per heavy atom. The first-order valence-corrected chi connectivity index (χ1v) is 10.1. The Morgan fingerprint density at radius 3 is 1.97 bits per heavy atom. The van der Waals surface area contributed by atoms with Gasteiger partial charge in [-0.3, -0.25) is 0 Å². The van der Waals surface area contributed by atoms with E-state index in [1.807, 2.05) is 31.2 Å². The van der Waals surface area contributed by atoms with Crippen molar-refractivity contribution in [2.75, 3.05) is 7.11 Å². The van der Waals surface area contributed by atoms with Crippen molar-refractivity contribution in [2.45, 2.75) is 12.8 Å². The van der Waals surface area contributed by atoms with E-state index in [9.17, 15) is 0 Å². The van der Waals surface area contributed by atoms with Gasteiger partial charge in [-0.1, -0.05) is 0 Å². The summed E-state index contributed by atoms with van der Waals surface area (Å²) in [6.45, 7) is 4.07. The van der Waals surface area contributed by atoms with Gasteiger partial charge in [-0.2, -0.15) is 0 Å². The summed E-state index contributed by atoms with van der Waals surface area (Å²) < 4.78 is 5.17. The fraction of sp³-hybridized carbons (Fsp3) is 0.107. The number of rotatable bonds is 3. The van der Waals surface area contributed by atoms with Crippen molar-refractivity contribution in [3.63, 3.8) is 0 Å². The second-order valence-corrected chi connectivity index (χ2v) is 7.37. The first-order valence-electron chi connectivity index (χ1n) is 10.1. The van der Waals surface area contributed by atoms with Crippen LogP contribution in [0.1, 0.15) is 22.6 Å². The third-order valence-corrected chi connectivity index (χ3v) is 5.22. The van der Waals surface area contributed by atoms with Crippen LogP contribution in [0.4, 0.5) is 0 Å². The molecule has 0 fully saturated rings. The molecule has 0 N–H and O–H groups in total. The predicted octanol–water partition coefficient (Wildman–Crippen LogP) is 5.77. The van der Waals surface area contributed by atoms with Gasteiger partial charge in [0.15, 0.2) is 0 Å². The summed E-state index contributed by atoms with van der Waals surface area (Å²) in [5.41, 5.74) is 7.16. The Bertz CT molecular complexity index is 1140. The molecule has 4 rings (SSSR count). The van der Waals surface area contributed by atoms with Crippen LogP contribution in [-0.4, -0.2) is 19.5 Å². The Labute approximate surface area is 179 Å². The molecule has 0 spiro atoms. The molecule has 0 saturated heterocycles. The van der Waals surface area contributed by atoms with Gasteiger partial charge in [0.1, 0.15) is 0 Å². The van der Waals surface area contributed by atoms with Gasteiger partial charge in [-0.15, -0.1) is 0 Å². The molecular formula is C28H23BO. The van der Waals surface area contributed by atoms with E-state index in [2.05, 4.69) is 91.5 Å². The van der Waals surface area contributed by atoms with Gasteiger partial charge in [-0.25, -0.2) is 0 Å². The molecule has 1 aliphatic rings. The Kier molecular flexibility index (Phi) is 6.11. The van der Waals surface area contributed by atoms with Gasteiger partial charge in [0.25, 0.3) is 0 Å². The fourth-order valence-electron chi connectivity index (χ4n) is 3.39. The van der Waals surface area contributed by atoms with Crippen molar-refractivity contribution >= 4 is 12.4 Å². The molecule has 3 aromatic rings. The van der Waals surface area contributed by atoms with E-state index >= 15 is 0 Å². The molecule has 0 bridgehead atoms. The quantitative estimate of drug-likeness (QED) is 0.410. The number of hydrogen-bond acceptors (Lipinski definition) is 1. The minimum atomic E-state index is 0.295. The van der Waals surface area contributed by atoms with E-state index < -0.39 is 0 Å².